The molecule has 0 spiro atoms. The van der Waals surface area contributed by atoms with Crippen LogP contribution in [0.3, 0.4) is 0 Å². The summed E-state index contributed by atoms with van der Waals surface area (Å²) < 4.78 is 36.0. The lowest BCUT2D eigenvalue weighted by Gasteiger charge is -2.30. The Balaban J connectivity index is 1.66. The third-order valence-corrected chi connectivity index (χ3v) is 6.28. The van der Waals surface area contributed by atoms with Crippen molar-refractivity contribution in [1.82, 2.24) is 5.48 Å². The Morgan fingerprint density at radius 2 is 2.00 bits per heavy atom. The Bertz CT molecular complexity index is 563. The molecule has 3 aliphatic carbocycles. The molecule has 26 heavy (non-hydrogen) atoms. The second kappa shape index (κ2) is 8.89. The van der Waals surface area contributed by atoms with Gasteiger partial charge in [-0.1, -0.05) is 24.1 Å². The Kier molecular flexibility index (Phi) is 6.81. The number of alkyl halides is 2. The van der Waals surface area contributed by atoms with E-state index in [-0.39, 0.29) is 6.54 Å². The van der Waals surface area contributed by atoms with Crippen molar-refractivity contribution in [1.29, 1.82) is 0 Å². The average Bonchev–Trinajstić information content (AvgIpc) is 3.34. The lowest BCUT2D eigenvalue weighted by Crippen LogP contribution is -2.21. The van der Waals surface area contributed by atoms with Crippen LogP contribution in [0.2, 0.25) is 0 Å². The number of ether oxygens (including phenoxy) is 2. The molecule has 3 aliphatic rings. The van der Waals surface area contributed by atoms with E-state index in [1.165, 1.54) is 5.57 Å². The van der Waals surface area contributed by atoms with Gasteiger partial charge in [-0.15, -0.1) is 0 Å². The highest BCUT2D eigenvalue weighted by Crippen LogP contribution is 2.47. The molecule has 0 aliphatic heterocycles. The van der Waals surface area contributed by atoms with Crippen molar-refractivity contribution >= 4 is 11.6 Å². The predicted octanol–water partition coefficient (Wildman–Crippen LogP) is 5.18. The van der Waals surface area contributed by atoms with Gasteiger partial charge in [-0.05, 0) is 55.8 Å². The first-order valence-corrected chi connectivity index (χ1v) is 9.89. The van der Waals surface area contributed by atoms with Crippen LogP contribution < -0.4 is 5.48 Å². The summed E-state index contributed by atoms with van der Waals surface area (Å²) in [6.07, 6.45) is 6.25. The second-order valence-corrected chi connectivity index (χ2v) is 8.30. The Morgan fingerprint density at radius 3 is 2.65 bits per heavy atom. The van der Waals surface area contributed by atoms with Gasteiger partial charge in [-0.3, -0.25) is 0 Å². The summed E-state index contributed by atoms with van der Waals surface area (Å²) in [5.41, 5.74) is 3.31. The molecule has 0 heterocycles. The highest BCUT2D eigenvalue weighted by molar-refractivity contribution is 6.30. The zero-order valence-corrected chi connectivity index (χ0v) is 15.9. The number of rotatable bonds is 8. The normalized spacial score (nSPS) is 31.5. The van der Waals surface area contributed by atoms with Crippen LogP contribution in [-0.2, 0) is 9.47 Å². The first kappa shape index (κ1) is 19.9. The SMILES string of the molecule is C[C@@H]1C[C@H]([C@H]2CCC(OC(F)F)=C(OCC3CC3)C2)C/C1=C(\Cl)CNO. The van der Waals surface area contributed by atoms with E-state index < -0.39 is 6.61 Å². The van der Waals surface area contributed by atoms with Crippen molar-refractivity contribution < 1.29 is 23.5 Å². The molecule has 148 valence electrons. The minimum absolute atomic E-state index is 0.265. The van der Waals surface area contributed by atoms with Gasteiger partial charge >= 0.3 is 6.61 Å². The Labute approximate surface area is 158 Å². The highest BCUT2D eigenvalue weighted by Gasteiger charge is 2.37. The van der Waals surface area contributed by atoms with Gasteiger partial charge in [0.1, 0.15) is 11.5 Å². The molecular formula is C19H28ClF2NO3. The van der Waals surface area contributed by atoms with Crippen LogP contribution >= 0.6 is 11.6 Å². The summed E-state index contributed by atoms with van der Waals surface area (Å²) in [5, 5.41) is 9.56. The molecule has 0 unspecified atom stereocenters. The van der Waals surface area contributed by atoms with E-state index in [0.717, 1.165) is 32.1 Å². The Morgan fingerprint density at radius 1 is 1.23 bits per heavy atom. The van der Waals surface area contributed by atoms with Crippen molar-refractivity contribution in [2.75, 3.05) is 13.2 Å². The number of halogens is 3. The van der Waals surface area contributed by atoms with Crippen LogP contribution in [0.15, 0.2) is 22.1 Å². The average molecular weight is 392 g/mol. The molecule has 4 nitrogen and oxygen atoms in total. The maximum Gasteiger partial charge on any atom is 0.387 e. The largest absolute Gasteiger partial charge is 0.494 e. The summed E-state index contributed by atoms with van der Waals surface area (Å²) >= 11 is 6.31. The zero-order chi connectivity index (χ0) is 18.7. The molecule has 2 saturated carbocycles. The number of nitrogens with one attached hydrogen (secondary N) is 1. The maximum atomic E-state index is 12.7. The number of hydrogen-bond donors (Lipinski definition) is 2. The number of hydroxylamine groups is 1. The van der Waals surface area contributed by atoms with E-state index in [0.29, 0.717) is 59.7 Å². The fourth-order valence-electron chi connectivity index (χ4n) is 4.27. The fraction of sp³-hybridized carbons (Fsp3) is 0.789. The molecule has 7 heteroatoms. The molecule has 0 aromatic rings. The second-order valence-electron chi connectivity index (χ2n) is 7.85. The molecule has 3 rings (SSSR count). The molecule has 2 N–H and O–H groups in total. The molecule has 0 radical (unpaired) electrons. The lowest BCUT2D eigenvalue weighted by atomic mass is 9.80. The molecule has 0 saturated heterocycles. The minimum Gasteiger partial charge on any atom is -0.494 e. The van der Waals surface area contributed by atoms with E-state index in [4.69, 9.17) is 26.3 Å². The van der Waals surface area contributed by atoms with E-state index in [2.05, 4.69) is 12.4 Å². The third-order valence-electron chi connectivity index (χ3n) is 5.90. The molecule has 0 bridgehead atoms. The van der Waals surface area contributed by atoms with Gasteiger partial charge in [-0.2, -0.15) is 8.78 Å². The van der Waals surface area contributed by atoms with E-state index in [9.17, 15) is 8.78 Å². The molecular weight excluding hydrogens is 364 g/mol. The molecule has 0 amide bonds. The molecule has 0 aromatic carbocycles. The summed E-state index contributed by atoms with van der Waals surface area (Å²) in [6, 6.07) is 0. The quantitative estimate of drug-likeness (QED) is 0.559. The summed E-state index contributed by atoms with van der Waals surface area (Å²) in [7, 11) is 0. The standard InChI is InChI=1S/C19H28ClF2NO3/c1-11-6-14(7-15(11)16(20)9-23-24)13-4-5-17(26-19(21)22)18(8-13)25-10-12-2-3-12/h11-14,19,23-24H,2-10H2,1H3/b16-15+/t11-,13+,14+/m1/s1. The fourth-order valence-corrected chi connectivity index (χ4v) is 4.59. The summed E-state index contributed by atoms with van der Waals surface area (Å²) in [6.45, 7) is 0.231. The smallest absolute Gasteiger partial charge is 0.387 e. The topological polar surface area (TPSA) is 50.7 Å². The maximum absolute atomic E-state index is 12.7. The van der Waals surface area contributed by atoms with Gasteiger partial charge in [0.25, 0.3) is 0 Å². The van der Waals surface area contributed by atoms with Crippen LogP contribution in [0.1, 0.15) is 51.9 Å². The first-order valence-electron chi connectivity index (χ1n) is 9.51. The van der Waals surface area contributed by atoms with Gasteiger partial charge < -0.3 is 14.7 Å². The van der Waals surface area contributed by atoms with Crippen LogP contribution in [0.4, 0.5) is 8.78 Å². The monoisotopic (exact) mass is 391 g/mol. The van der Waals surface area contributed by atoms with Gasteiger partial charge in [0.05, 0.1) is 13.2 Å². The summed E-state index contributed by atoms with van der Waals surface area (Å²) in [5.74, 6) is 2.75. The van der Waals surface area contributed by atoms with Gasteiger partial charge in [0.15, 0.2) is 0 Å². The van der Waals surface area contributed by atoms with Crippen LogP contribution in [0, 0.1) is 23.7 Å². The molecule has 2 fully saturated rings. The number of allylic oxidation sites excluding steroid dienone is 3. The zero-order valence-electron chi connectivity index (χ0n) is 15.1. The van der Waals surface area contributed by atoms with Crippen molar-refractivity contribution in [3.8, 4) is 0 Å². The van der Waals surface area contributed by atoms with Crippen molar-refractivity contribution in [3.63, 3.8) is 0 Å². The number of hydrogen-bond acceptors (Lipinski definition) is 4. The molecule has 3 atom stereocenters. The highest BCUT2D eigenvalue weighted by atomic mass is 35.5. The van der Waals surface area contributed by atoms with Gasteiger partial charge in [-0.25, -0.2) is 5.48 Å². The minimum atomic E-state index is -2.80. The van der Waals surface area contributed by atoms with E-state index in [1.807, 2.05) is 0 Å². The van der Waals surface area contributed by atoms with Crippen molar-refractivity contribution in [3.05, 3.63) is 22.1 Å². The summed E-state index contributed by atoms with van der Waals surface area (Å²) in [4.78, 5) is 0. The molecule has 0 aromatic heterocycles. The van der Waals surface area contributed by atoms with Crippen molar-refractivity contribution in [2.24, 2.45) is 23.7 Å². The van der Waals surface area contributed by atoms with Crippen molar-refractivity contribution in [2.45, 2.75) is 58.5 Å². The predicted molar refractivity (Wildman–Crippen MR) is 94.7 cm³/mol. The lowest BCUT2D eigenvalue weighted by molar-refractivity contribution is -0.106. The van der Waals surface area contributed by atoms with E-state index >= 15 is 0 Å². The van der Waals surface area contributed by atoms with Crippen LogP contribution in [0.25, 0.3) is 0 Å². The Hall–Kier alpha value is -0.850. The van der Waals surface area contributed by atoms with Crippen LogP contribution in [-0.4, -0.2) is 25.0 Å². The van der Waals surface area contributed by atoms with E-state index in [1.54, 1.807) is 0 Å². The van der Waals surface area contributed by atoms with Gasteiger partial charge in [0.2, 0.25) is 0 Å². The van der Waals surface area contributed by atoms with Crippen LogP contribution in [0.5, 0.6) is 0 Å². The first-order chi connectivity index (χ1) is 12.5. The van der Waals surface area contributed by atoms with Gasteiger partial charge in [0, 0.05) is 17.9 Å². The third kappa shape index (κ3) is 5.11.